The first-order chi connectivity index (χ1) is 10.8. The van der Waals surface area contributed by atoms with E-state index < -0.39 is 0 Å². The second kappa shape index (κ2) is 9.03. The number of pyridine rings is 1. The molecular weight excluding hydrogens is 276 g/mol. The smallest absolute Gasteiger partial charge is 0.223 e. The molecule has 0 radical (unpaired) electrons. The number of carbonyl (C=O) groups excluding carboxylic acids is 1. The summed E-state index contributed by atoms with van der Waals surface area (Å²) in [6, 6.07) is 7.65. The van der Waals surface area contributed by atoms with E-state index in [0.717, 1.165) is 24.2 Å². The number of hydrogen-bond acceptors (Lipinski definition) is 3. The second-order valence-corrected chi connectivity index (χ2v) is 5.50. The number of amides is 1. The summed E-state index contributed by atoms with van der Waals surface area (Å²) in [5, 5.41) is 0. The fourth-order valence-corrected chi connectivity index (χ4v) is 2.39. The van der Waals surface area contributed by atoms with E-state index >= 15 is 0 Å². The monoisotopic (exact) mass is 300 g/mol. The van der Waals surface area contributed by atoms with E-state index in [9.17, 15) is 4.79 Å². The van der Waals surface area contributed by atoms with Crippen LogP contribution in [0.1, 0.15) is 50.4 Å². The summed E-state index contributed by atoms with van der Waals surface area (Å²) in [6.07, 6.45) is 10.2. The van der Waals surface area contributed by atoms with Gasteiger partial charge in [0.15, 0.2) is 0 Å². The average molecular weight is 300 g/mol. The Kier molecular flexibility index (Phi) is 6.68. The number of hydrogen-bond donors (Lipinski definition) is 0. The highest BCUT2D eigenvalue weighted by molar-refractivity contribution is 5.76. The number of carbonyl (C=O) groups is 1. The van der Waals surface area contributed by atoms with Crippen LogP contribution in [0, 0.1) is 0 Å². The van der Waals surface area contributed by atoms with Crippen LogP contribution in [0.2, 0.25) is 0 Å². The molecule has 0 aliphatic carbocycles. The van der Waals surface area contributed by atoms with E-state index in [2.05, 4.69) is 11.9 Å². The normalized spacial score (nSPS) is 10.6. The highest BCUT2D eigenvalue weighted by Gasteiger charge is 2.15. The van der Waals surface area contributed by atoms with Crippen LogP contribution >= 0.6 is 0 Å². The molecule has 22 heavy (non-hydrogen) atoms. The van der Waals surface area contributed by atoms with Gasteiger partial charge in [-0.15, -0.1) is 0 Å². The summed E-state index contributed by atoms with van der Waals surface area (Å²) >= 11 is 0. The molecule has 0 saturated heterocycles. The molecule has 0 N–H and O–H groups in total. The summed E-state index contributed by atoms with van der Waals surface area (Å²) in [6.45, 7) is 3.28. The lowest BCUT2D eigenvalue weighted by atomic mass is 10.1. The van der Waals surface area contributed by atoms with Gasteiger partial charge in [-0.25, -0.2) is 0 Å². The first kappa shape index (κ1) is 16.3. The Labute approximate surface area is 132 Å². The third kappa shape index (κ3) is 5.35. The minimum Gasteiger partial charge on any atom is -0.467 e. The molecular formula is C18H24N2O2. The molecule has 0 unspecified atom stereocenters. The quantitative estimate of drug-likeness (QED) is 0.653. The van der Waals surface area contributed by atoms with Crippen LogP contribution in [0.4, 0.5) is 0 Å². The predicted octanol–water partition coefficient (Wildman–Crippen LogP) is 4.17. The van der Waals surface area contributed by atoms with Crippen molar-refractivity contribution >= 4 is 5.91 Å². The molecule has 0 aromatic carbocycles. The van der Waals surface area contributed by atoms with Crippen LogP contribution in [0.5, 0.6) is 0 Å². The lowest BCUT2D eigenvalue weighted by Crippen LogP contribution is -2.29. The van der Waals surface area contributed by atoms with Crippen molar-refractivity contribution in [3.05, 3.63) is 54.2 Å². The molecule has 0 fully saturated rings. The Balaban J connectivity index is 1.96. The maximum absolute atomic E-state index is 12.5. The van der Waals surface area contributed by atoms with Crippen LogP contribution < -0.4 is 0 Å². The summed E-state index contributed by atoms with van der Waals surface area (Å²) < 4.78 is 5.39. The van der Waals surface area contributed by atoms with Crippen LogP contribution in [0.15, 0.2) is 47.3 Å². The van der Waals surface area contributed by atoms with Gasteiger partial charge in [-0.2, -0.15) is 0 Å². The molecule has 4 heteroatoms. The summed E-state index contributed by atoms with van der Waals surface area (Å²) in [5.41, 5.74) is 1.09. The van der Waals surface area contributed by atoms with Gasteiger partial charge in [0.25, 0.3) is 0 Å². The largest absolute Gasteiger partial charge is 0.467 e. The van der Waals surface area contributed by atoms with Crippen molar-refractivity contribution in [2.75, 3.05) is 0 Å². The number of unbranched alkanes of at least 4 members (excludes halogenated alkanes) is 3. The van der Waals surface area contributed by atoms with Crippen molar-refractivity contribution in [3.8, 4) is 0 Å². The van der Waals surface area contributed by atoms with Crippen molar-refractivity contribution < 1.29 is 9.21 Å². The molecule has 0 bridgehead atoms. The maximum atomic E-state index is 12.5. The van der Waals surface area contributed by atoms with Gasteiger partial charge >= 0.3 is 0 Å². The van der Waals surface area contributed by atoms with Gasteiger partial charge in [0.1, 0.15) is 5.76 Å². The predicted molar refractivity (Wildman–Crippen MR) is 86.0 cm³/mol. The lowest BCUT2D eigenvalue weighted by Gasteiger charge is -2.22. The van der Waals surface area contributed by atoms with E-state index in [1.807, 2.05) is 29.2 Å². The van der Waals surface area contributed by atoms with E-state index in [1.165, 1.54) is 12.8 Å². The van der Waals surface area contributed by atoms with Crippen molar-refractivity contribution in [1.29, 1.82) is 0 Å². The Morgan fingerprint density at radius 1 is 1.14 bits per heavy atom. The van der Waals surface area contributed by atoms with Crippen molar-refractivity contribution in [3.63, 3.8) is 0 Å². The van der Waals surface area contributed by atoms with Gasteiger partial charge in [0.2, 0.25) is 5.91 Å². The first-order valence-electron chi connectivity index (χ1n) is 7.98. The average Bonchev–Trinajstić information content (AvgIpc) is 3.05. The summed E-state index contributed by atoms with van der Waals surface area (Å²) in [7, 11) is 0. The summed E-state index contributed by atoms with van der Waals surface area (Å²) in [5.74, 6) is 1.00. The number of furan rings is 1. The first-order valence-corrected chi connectivity index (χ1v) is 7.98. The molecule has 0 saturated carbocycles. The zero-order chi connectivity index (χ0) is 15.6. The van der Waals surface area contributed by atoms with Crippen LogP contribution in [-0.2, 0) is 17.9 Å². The standard InChI is InChI=1S/C18H24N2O2/c1-2-3-4-5-8-18(21)20(15-17-7-6-13-22-17)14-16-9-11-19-12-10-16/h6-7,9-13H,2-5,8,14-15H2,1H3. The van der Waals surface area contributed by atoms with Crippen molar-refractivity contribution in [2.24, 2.45) is 0 Å². The van der Waals surface area contributed by atoms with E-state index in [0.29, 0.717) is 19.5 Å². The van der Waals surface area contributed by atoms with Crippen LogP contribution in [0.25, 0.3) is 0 Å². The van der Waals surface area contributed by atoms with Crippen LogP contribution in [0.3, 0.4) is 0 Å². The maximum Gasteiger partial charge on any atom is 0.223 e. The Hall–Kier alpha value is -2.10. The fraction of sp³-hybridized carbons (Fsp3) is 0.444. The SMILES string of the molecule is CCCCCCC(=O)N(Cc1ccncc1)Cc1ccco1. The van der Waals surface area contributed by atoms with E-state index in [-0.39, 0.29) is 5.91 Å². The zero-order valence-electron chi connectivity index (χ0n) is 13.2. The Bertz CT molecular complexity index is 537. The minimum absolute atomic E-state index is 0.185. The van der Waals surface area contributed by atoms with Gasteiger partial charge in [0, 0.05) is 25.4 Å². The molecule has 2 heterocycles. The topological polar surface area (TPSA) is 46.3 Å². The third-order valence-corrected chi connectivity index (χ3v) is 3.65. The molecule has 0 aliphatic rings. The molecule has 118 valence electrons. The number of rotatable bonds is 9. The number of nitrogens with zero attached hydrogens (tertiary/aromatic N) is 2. The van der Waals surface area contributed by atoms with Gasteiger partial charge in [-0.1, -0.05) is 26.2 Å². The highest BCUT2D eigenvalue weighted by Crippen LogP contribution is 2.13. The molecule has 0 aliphatic heterocycles. The molecule has 2 aromatic heterocycles. The molecule has 1 amide bonds. The summed E-state index contributed by atoms with van der Waals surface area (Å²) in [4.78, 5) is 18.4. The molecule has 0 atom stereocenters. The van der Waals surface area contributed by atoms with Gasteiger partial charge < -0.3 is 9.32 Å². The Morgan fingerprint density at radius 3 is 2.64 bits per heavy atom. The molecule has 4 nitrogen and oxygen atoms in total. The van der Waals surface area contributed by atoms with Crippen molar-refractivity contribution in [2.45, 2.75) is 52.1 Å². The van der Waals surface area contributed by atoms with Crippen LogP contribution in [-0.4, -0.2) is 15.8 Å². The second-order valence-electron chi connectivity index (χ2n) is 5.50. The fourth-order valence-electron chi connectivity index (χ4n) is 2.39. The van der Waals surface area contributed by atoms with Gasteiger partial charge in [-0.05, 0) is 36.2 Å². The Morgan fingerprint density at radius 2 is 1.95 bits per heavy atom. The zero-order valence-corrected chi connectivity index (χ0v) is 13.2. The van der Waals surface area contributed by atoms with E-state index in [1.54, 1.807) is 18.7 Å². The third-order valence-electron chi connectivity index (χ3n) is 3.65. The van der Waals surface area contributed by atoms with Crippen molar-refractivity contribution in [1.82, 2.24) is 9.88 Å². The number of aromatic nitrogens is 1. The molecule has 0 spiro atoms. The van der Waals surface area contributed by atoms with Gasteiger partial charge in [-0.3, -0.25) is 9.78 Å². The molecule has 2 aromatic rings. The van der Waals surface area contributed by atoms with Gasteiger partial charge in [0.05, 0.1) is 12.8 Å². The highest BCUT2D eigenvalue weighted by atomic mass is 16.3. The van der Waals surface area contributed by atoms with E-state index in [4.69, 9.17) is 4.42 Å². The molecule has 2 rings (SSSR count). The lowest BCUT2D eigenvalue weighted by molar-refractivity contribution is -0.132. The minimum atomic E-state index is 0.185.